The highest BCUT2D eigenvalue weighted by Crippen LogP contribution is 2.37. The van der Waals surface area contributed by atoms with Crippen LogP contribution in [0.15, 0.2) is 30.3 Å². The second-order valence-electron chi connectivity index (χ2n) is 6.10. The zero-order valence-corrected chi connectivity index (χ0v) is 18.1. The Labute approximate surface area is 180 Å². The molecule has 152 valence electrons. The lowest BCUT2D eigenvalue weighted by Crippen LogP contribution is -2.32. The van der Waals surface area contributed by atoms with Crippen molar-refractivity contribution in [2.45, 2.75) is 32.7 Å². The second kappa shape index (κ2) is 12.0. The third-order valence-corrected chi connectivity index (χ3v) is 4.19. The minimum atomic E-state index is 0. The molecule has 0 saturated carbocycles. The van der Waals surface area contributed by atoms with Gasteiger partial charge in [-0.25, -0.2) is 0 Å². The quantitative estimate of drug-likeness (QED) is 0.618. The van der Waals surface area contributed by atoms with Crippen LogP contribution < -0.4 is 21.3 Å². The van der Waals surface area contributed by atoms with E-state index in [-0.39, 0.29) is 43.3 Å². The summed E-state index contributed by atoms with van der Waals surface area (Å²) in [5, 5.41) is 7.03. The van der Waals surface area contributed by atoms with Crippen LogP contribution in [0.1, 0.15) is 38.3 Å². The number of nitrogens with one attached hydrogen (secondary N) is 2. The number of rotatable bonds is 6. The van der Waals surface area contributed by atoms with Gasteiger partial charge in [-0.1, -0.05) is 44.2 Å². The third kappa shape index (κ3) is 5.92. The molecule has 1 unspecified atom stereocenters. The highest BCUT2D eigenvalue weighted by molar-refractivity contribution is 5.86. The van der Waals surface area contributed by atoms with Gasteiger partial charge in [0.05, 0.1) is 6.04 Å². The minimum absolute atomic E-state index is 0. The maximum absolute atomic E-state index is 5.94. The molecule has 1 aliphatic rings. The van der Waals surface area contributed by atoms with Crippen molar-refractivity contribution in [3.63, 3.8) is 0 Å². The first-order valence-corrected chi connectivity index (χ1v) is 8.70. The van der Waals surface area contributed by atoms with Crippen molar-refractivity contribution in [3.05, 3.63) is 35.9 Å². The van der Waals surface area contributed by atoms with Crippen molar-refractivity contribution in [1.29, 1.82) is 0 Å². The first-order valence-electron chi connectivity index (χ1n) is 8.70. The van der Waals surface area contributed by atoms with Crippen LogP contribution >= 0.6 is 37.2 Å². The van der Waals surface area contributed by atoms with Gasteiger partial charge in [-0.2, -0.15) is 9.97 Å². The molecule has 0 spiro atoms. The van der Waals surface area contributed by atoms with Crippen molar-refractivity contribution in [2.75, 3.05) is 40.9 Å². The van der Waals surface area contributed by atoms with Crippen LogP contribution in [0.4, 0.5) is 23.3 Å². The van der Waals surface area contributed by atoms with Gasteiger partial charge in [-0.3, -0.25) is 0 Å². The van der Waals surface area contributed by atoms with Crippen LogP contribution in [0.5, 0.6) is 0 Å². The van der Waals surface area contributed by atoms with Crippen molar-refractivity contribution >= 4 is 60.5 Å². The van der Waals surface area contributed by atoms with Gasteiger partial charge >= 0.3 is 0 Å². The van der Waals surface area contributed by atoms with E-state index in [1.165, 1.54) is 5.56 Å². The molecule has 1 aromatic carbocycles. The molecule has 1 aromatic heterocycles. The van der Waals surface area contributed by atoms with Crippen molar-refractivity contribution in [3.8, 4) is 0 Å². The topological polar surface area (TPSA) is 79.1 Å². The Morgan fingerprint density at radius 2 is 1.67 bits per heavy atom. The standard InChI is InChI=1S/C18H26N6.3ClH/c1-3-10-24(11-4-2)17-15-16(22-18(19)23-17)20-12-14(21-15)13-8-6-5-7-9-13;;;/h5-9,14,21H,3-4,10-12H2,1-2H3,(H3,19,20,22,23);3*1H. The Hall–Kier alpha value is -1.63. The molecule has 0 amide bonds. The molecule has 0 saturated heterocycles. The predicted molar refractivity (Wildman–Crippen MR) is 122 cm³/mol. The van der Waals surface area contributed by atoms with E-state index in [0.29, 0.717) is 5.95 Å². The zero-order chi connectivity index (χ0) is 16.9. The number of aromatic nitrogens is 2. The average molecular weight is 436 g/mol. The lowest BCUT2D eigenvalue weighted by Gasteiger charge is -2.32. The summed E-state index contributed by atoms with van der Waals surface area (Å²) >= 11 is 0. The Morgan fingerprint density at radius 3 is 2.26 bits per heavy atom. The van der Waals surface area contributed by atoms with E-state index in [9.17, 15) is 0 Å². The molecule has 2 heterocycles. The Kier molecular flexibility index (Phi) is 11.2. The van der Waals surface area contributed by atoms with Gasteiger partial charge in [0.25, 0.3) is 0 Å². The third-order valence-electron chi connectivity index (χ3n) is 4.19. The smallest absolute Gasteiger partial charge is 0.224 e. The summed E-state index contributed by atoms with van der Waals surface area (Å²) in [4.78, 5) is 11.2. The number of hydrogen-bond donors (Lipinski definition) is 3. The van der Waals surface area contributed by atoms with Gasteiger partial charge in [0.15, 0.2) is 11.6 Å². The van der Waals surface area contributed by atoms with Gasteiger partial charge in [-0.15, -0.1) is 37.2 Å². The van der Waals surface area contributed by atoms with Gasteiger partial charge in [0.2, 0.25) is 5.95 Å². The Bertz CT molecular complexity index is 680. The van der Waals surface area contributed by atoms with Crippen molar-refractivity contribution in [1.82, 2.24) is 9.97 Å². The number of nitrogens with two attached hydrogens (primary N) is 1. The summed E-state index contributed by atoms with van der Waals surface area (Å²) in [7, 11) is 0. The van der Waals surface area contributed by atoms with E-state index >= 15 is 0 Å². The maximum Gasteiger partial charge on any atom is 0.224 e. The SMILES string of the molecule is CCCN(CCC)c1nc(N)nc2c1NC(c1ccccc1)CN2.Cl.Cl.Cl. The Balaban J connectivity index is 0.00000225. The number of nitrogens with zero attached hydrogens (tertiary/aromatic N) is 3. The largest absolute Gasteiger partial charge is 0.370 e. The van der Waals surface area contributed by atoms with E-state index in [1.54, 1.807) is 0 Å². The average Bonchev–Trinajstić information content (AvgIpc) is 2.61. The zero-order valence-electron chi connectivity index (χ0n) is 15.6. The molecule has 27 heavy (non-hydrogen) atoms. The Morgan fingerprint density at radius 1 is 1.04 bits per heavy atom. The van der Waals surface area contributed by atoms with E-state index in [1.807, 2.05) is 6.07 Å². The van der Waals surface area contributed by atoms with Gasteiger partial charge in [0.1, 0.15) is 5.69 Å². The summed E-state index contributed by atoms with van der Waals surface area (Å²) in [5.74, 6) is 2.00. The maximum atomic E-state index is 5.94. The lowest BCUT2D eigenvalue weighted by atomic mass is 10.0. The highest BCUT2D eigenvalue weighted by atomic mass is 35.5. The van der Waals surface area contributed by atoms with Gasteiger partial charge in [0, 0.05) is 19.6 Å². The molecule has 0 bridgehead atoms. The number of fused-ring (bicyclic) bond motifs is 1. The summed E-state index contributed by atoms with van der Waals surface area (Å²) in [6, 6.07) is 10.6. The molecule has 1 aliphatic heterocycles. The van der Waals surface area contributed by atoms with Crippen LogP contribution in [0.25, 0.3) is 0 Å². The molecular formula is C18H29Cl3N6. The first-order chi connectivity index (χ1) is 11.7. The number of nitrogen functional groups attached to an aromatic ring is 1. The molecule has 0 aliphatic carbocycles. The van der Waals surface area contributed by atoms with E-state index < -0.39 is 0 Å². The fourth-order valence-electron chi connectivity index (χ4n) is 3.13. The molecule has 1 atom stereocenters. The number of anilines is 4. The van der Waals surface area contributed by atoms with Crippen LogP contribution in [0, 0.1) is 0 Å². The van der Waals surface area contributed by atoms with Crippen LogP contribution in [0.3, 0.4) is 0 Å². The van der Waals surface area contributed by atoms with Crippen LogP contribution in [0.2, 0.25) is 0 Å². The van der Waals surface area contributed by atoms with E-state index in [2.05, 4.69) is 63.6 Å². The summed E-state index contributed by atoms with van der Waals surface area (Å²) in [6.45, 7) is 7.04. The number of benzene rings is 1. The predicted octanol–water partition coefficient (Wildman–Crippen LogP) is 4.53. The molecule has 0 fully saturated rings. The minimum Gasteiger partial charge on any atom is -0.370 e. The van der Waals surface area contributed by atoms with Crippen molar-refractivity contribution in [2.24, 2.45) is 0 Å². The molecule has 0 radical (unpaired) electrons. The molecule has 3 rings (SSSR count). The fraction of sp³-hybridized carbons (Fsp3) is 0.444. The normalized spacial score (nSPS) is 14.2. The van der Waals surface area contributed by atoms with Crippen LogP contribution in [-0.2, 0) is 0 Å². The number of hydrogen-bond acceptors (Lipinski definition) is 6. The monoisotopic (exact) mass is 434 g/mol. The molecular weight excluding hydrogens is 407 g/mol. The molecule has 9 heteroatoms. The fourth-order valence-corrected chi connectivity index (χ4v) is 3.13. The van der Waals surface area contributed by atoms with Gasteiger partial charge < -0.3 is 21.3 Å². The summed E-state index contributed by atoms with van der Waals surface area (Å²) in [5.41, 5.74) is 8.14. The molecule has 2 aromatic rings. The lowest BCUT2D eigenvalue weighted by molar-refractivity contribution is 0.726. The van der Waals surface area contributed by atoms with E-state index in [4.69, 9.17) is 5.73 Å². The molecule has 4 N–H and O–H groups in total. The van der Waals surface area contributed by atoms with Crippen molar-refractivity contribution < 1.29 is 0 Å². The second-order valence-corrected chi connectivity index (χ2v) is 6.10. The number of halogens is 3. The van der Waals surface area contributed by atoms with E-state index in [0.717, 1.165) is 49.8 Å². The summed E-state index contributed by atoms with van der Waals surface area (Å²) in [6.07, 6.45) is 2.13. The first kappa shape index (κ1) is 25.4. The van der Waals surface area contributed by atoms with Crippen LogP contribution in [-0.4, -0.2) is 29.6 Å². The highest BCUT2D eigenvalue weighted by Gasteiger charge is 2.25. The molecule has 6 nitrogen and oxygen atoms in total. The van der Waals surface area contributed by atoms with Gasteiger partial charge in [-0.05, 0) is 18.4 Å². The summed E-state index contributed by atoms with van der Waals surface area (Å²) < 4.78 is 0.